The zero-order valence-corrected chi connectivity index (χ0v) is 14.9. The maximum absolute atomic E-state index is 13.3. The summed E-state index contributed by atoms with van der Waals surface area (Å²) >= 11 is 0. The number of hydrogen-bond acceptors (Lipinski definition) is 5. The summed E-state index contributed by atoms with van der Waals surface area (Å²) in [7, 11) is 0. The van der Waals surface area contributed by atoms with E-state index in [1.807, 2.05) is 0 Å². The summed E-state index contributed by atoms with van der Waals surface area (Å²) in [6.07, 6.45) is 5.35. The Hall–Kier alpha value is -3.18. The summed E-state index contributed by atoms with van der Waals surface area (Å²) in [4.78, 5) is 29.1. The number of aromatic hydroxyl groups is 1. The molecule has 0 saturated carbocycles. The molecule has 1 amide bonds. The average Bonchev–Trinajstić information content (AvgIpc) is 2.63. The van der Waals surface area contributed by atoms with Crippen LogP contribution in [0.15, 0.2) is 23.0 Å². The molecule has 7 nitrogen and oxygen atoms in total. The van der Waals surface area contributed by atoms with Crippen LogP contribution in [0.3, 0.4) is 0 Å². The smallest absolute Gasteiger partial charge is 0.296 e. The lowest BCUT2D eigenvalue weighted by Crippen LogP contribution is -2.42. The normalized spacial score (nSPS) is 14.9. The van der Waals surface area contributed by atoms with Crippen LogP contribution in [0.5, 0.6) is 5.75 Å². The van der Waals surface area contributed by atoms with Crippen molar-refractivity contribution in [3.05, 3.63) is 57.0 Å². The molecule has 0 fully saturated rings. The van der Waals surface area contributed by atoms with Crippen molar-refractivity contribution in [1.82, 2.24) is 14.9 Å². The van der Waals surface area contributed by atoms with Gasteiger partial charge in [-0.15, -0.1) is 6.42 Å². The molecule has 0 radical (unpaired) electrons. The molecule has 1 aliphatic rings. The number of nitrogens with one attached hydrogen (secondary N) is 1. The van der Waals surface area contributed by atoms with Gasteiger partial charge in [-0.05, 0) is 31.5 Å². The summed E-state index contributed by atoms with van der Waals surface area (Å²) in [5.41, 5.74) is -1.16. The Balaban J connectivity index is 1.91. The standard InChI is InChI=1S/C19H18FN3O4/c1-4-11-9-13(20)6-5-12(11)10-21-16(25)14-15(24)17(26)23-7-8-27-19(2,3)18(23)22-14/h1,5-6,9,24H,7-8,10H2,2-3H3,(H,21,25). The van der Waals surface area contributed by atoms with E-state index in [1.54, 1.807) is 13.8 Å². The van der Waals surface area contributed by atoms with Gasteiger partial charge in [-0.3, -0.25) is 14.2 Å². The van der Waals surface area contributed by atoms with Gasteiger partial charge >= 0.3 is 0 Å². The number of carbonyl (C=O) groups is 1. The van der Waals surface area contributed by atoms with Crippen molar-refractivity contribution in [3.8, 4) is 18.1 Å². The quantitative estimate of drug-likeness (QED) is 0.793. The van der Waals surface area contributed by atoms with Crippen LogP contribution in [0, 0.1) is 18.2 Å². The molecule has 1 aliphatic heterocycles. The van der Waals surface area contributed by atoms with E-state index < -0.39 is 34.3 Å². The number of nitrogens with zero attached hydrogens (tertiary/aromatic N) is 2. The number of amides is 1. The van der Waals surface area contributed by atoms with Crippen molar-refractivity contribution in [2.24, 2.45) is 0 Å². The molecule has 0 spiro atoms. The molecule has 140 valence electrons. The zero-order chi connectivity index (χ0) is 19.8. The highest BCUT2D eigenvalue weighted by atomic mass is 19.1. The molecule has 1 aromatic carbocycles. The SMILES string of the molecule is C#Cc1cc(F)ccc1CNC(=O)c1nc2n(c(=O)c1O)CCOC2(C)C. The first-order valence-corrected chi connectivity index (χ1v) is 8.26. The van der Waals surface area contributed by atoms with E-state index in [9.17, 15) is 19.1 Å². The third kappa shape index (κ3) is 3.41. The molecule has 0 aliphatic carbocycles. The van der Waals surface area contributed by atoms with Crippen molar-refractivity contribution in [3.63, 3.8) is 0 Å². The lowest BCUT2D eigenvalue weighted by atomic mass is 10.1. The minimum Gasteiger partial charge on any atom is -0.501 e. The monoisotopic (exact) mass is 371 g/mol. The lowest BCUT2D eigenvalue weighted by molar-refractivity contribution is -0.0566. The van der Waals surface area contributed by atoms with Gasteiger partial charge in [0.2, 0.25) is 5.75 Å². The van der Waals surface area contributed by atoms with E-state index in [0.717, 1.165) is 0 Å². The largest absolute Gasteiger partial charge is 0.501 e. The predicted octanol–water partition coefficient (Wildman–Crippen LogP) is 1.26. The third-order valence-electron chi connectivity index (χ3n) is 4.34. The van der Waals surface area contributed by atoms with Crippen LogP contribution in [0.25, 0.3) is 0 Å². The van der Waals surface area contributed by atoms with Gasteiger partial charge in [-0.25, -0.2) is 9.37 Å². The second kappa shape index (κ2) is 6.85. The Morgan fingerprint density at radius 1 is 1.52 bits per heavy atom. The Bertz CT molecular complexity index is 1020. The Morgan fingerprint density at radius 3 is 2.96 bits per heavy atom. The van der Waals surface area contributed by atoms with Crippen LogP contribution in [0.1, 0.15) is 41.3 Å². The number of rotatable bonds is 3. The summed E-state index contributed by atoms with van der Waals surface area (Å²) in [5, 5.41) is 12.7. The Morgan fingerprint density at radius 2 is 2.26 bits per heavy atom. The number of terminal acetylenes is 1. The molecule has 8 heteroatoms. The average molecular weight is 371 g/mol. The first-order chi connectivity index (χ1) is 12.7. The fourth-order valence-corrected chi connectivity index (χ4v) is 2.92. The first kappa shape index (κ1) is 18.6. The van der Waals surface area contributed by atoms with Gasteiger partial charge in [-0.2, -0.15) is 0 Å². The van der Waals surface area contributed by atoms with E-state index in [1.165, 1.54) is 22.8 Å². The van der Waals surface area contributed by atoms with Crippen LogP contribution >= 0.6 is 0 Å². The van der Waals surface area contributed by atoms with Gasteiger partial charge < -0.3 is 15.2 Å². The lowest BCUT2D eigenvalue weighted by Gasteiger charge is -2.32. The predicted molar refractivity (Wildman–Crippen MR) is 94.6 cm³/mol. The zero-order valence-electron chi connectivity index (χ0n) is 14.9. The fraction of sp³-hybridized carbons (Fsp3) is 0.316. The van der Waals surface area contributed by atoms with Crippen molar-refractivity contribution >= 4 is 5.91 Å². The van der Waals surface area contributed by atoms with Gasteiger partial charge in [0.25, 0.3) is 11.5 Å². The highest BCUT2D eigenvalue weighted by Crippen LogP contribution is 2.27. The number of halogens is 1. The maximum Gasteiger partial charge on any atom is 0.296 e. The highest BCUT2D eigenvalue weighted by molar-refractivity contribution is 5.94. The van der Waals surface area contributed by atoms with Gasteiger partial charge in [0, 0.05) is 12.1 Å². The van der Waals surface area contributed by atoms with E-state index >= 15 is 0 Å². The molecule has 3 rings (SSSR count). The molecular weight excluding hydrogens is 353 g/mol. The van der Waals surface area contributed by atoms with Crippen LogP contribution in [0.4, 0.5) is 4.39 Å². The number of carbonyl (C=O) groups excluding carboxylic acids is 1. The molecule has 1 aromatic heterocycles. The Labute approximate surface area is 154 Å². The minimum atomic E-state index is -0.881. The second-order valence-electron chi connectivity index (χ2n) is 6.58. The summed E-state index contributed by atoms with van der Waals surface area (Å²) in [6.45, 7) is 3.97. The van der Waals surface area contributed by atoms with Crippen LogP contribution in [-0.4, -0.2) is 27.2 Å². The van der Waals surface area contributed by atoms with E-state index in [0.29, 0.717) is 17.7 Å². The van der Waals surface area contributed by atoms with E-state index in [4.69, 9.17) is 11.2 Å². The van der Waals surface area contributed by atoms with Crippen molar-refractivity contribution in [2.45, 2.75) is 32.5 Å². The van der Waals surface area contributed by atoms with Crippen molar-refractivity contribution in [2.75, 3.05) is 6.61 Å². The van der Waals surface area contributed by atoms with Crippen LogP contribution in [0.2, 0.25) is 0 Å². The number of hydrogen-bond donors (Lipinski definition) is 2. The van der Waals surface area contributed by atoms with E-state index in [2.05, 4.69) is 16.2 Å². The molecular formula is C19H18FN3O4. The molecule has 0 bridgehead atoms. The molecule has 2 aromatic rings. The minimum absolute atomic E-state index is 0.0158. The van der Waals surface area contributed by atoms with Gasteiger partial charge in [0.05, 0.1) is 13.2 Å². The molecule has 27 heavy (non-hydrogen) atoms. The van der Waals surface area contributed by atoms with Gasteiger partial charge in [0.15, 0.2) is 5.69 Å². The van der Waals surface area contributed by atoms with Crippen LogP contribution < -0.4 is 10.9 Å². The highest BCUT2D eigenvalue weighted by Gasteiger charge is 2.34. The van der Waals surface area contributed by atoms with Crippen molar-refractivity contribution < 1.29 is 19.0 Å². The number of aromatic nitrogens is 2. The van der Waals surface area contributed by atoms with E-state index in [-0.39, 0.29) is 18.9 Å². The molecule has 2 N–H and O–H groups in total. The van der Waals surface area contributed by atoms with Crippen molar-refractivity contribution in [1.29, 1.82) is 0 Å². The molecule has 0 unspecified atom stereocenters. The second-order valence-corrected chi connectivity index (χ2v) is 6.58. The maximum atomic E-state index is 13.3. The molecule has 0 saturated heterocycles. The molecule has 0 atom stereocenters. The topological polar surface area (TPSA) is 93.5 Å². The molecule has 2 heterocycles. The summed E-state index contributed by atoms with van der Waals surface area (Å²) in [6, 6.07) is 3.86. The Kier molecular flexibility index (Phi) is 4.72. The summed E-state index contributed by atoms with van der Waals surface area (Å²) in [5.74, 6) is 0.639. The number of fused-ring (bicyclic) bond motifs is 1. The summed E-state index contributed by atoms with van der Waals surface area (Å²) < 4.78 is 20.2. The first-order valence-electron chi connectivity index (χ1n) is 8.26. The number of ether oxygens (including phenoxy) is 1. The van der Waals surface area contributed by atoms with Crippen LogP contribution in [-0.2, 0) is 23.4 Å². The van der Waals surface area contributed by atoms with Gasteiger partial charge in [-0.1, -0.05) is 12.0 Å². The fourth-order valence-electron chi connectivity index (χ4n) is 2.92. The number of benzene rings is 1. The van der Waals surface area contributed by atoms with Gasteiger partial charge in [0.1, 0.15) is 17.2 Å². The third-order valence-corrected chi connectivity index (χ3v) is 4.34.